The highest BCUT2D eigenvalue weighted by Crippen LogP contribution is 2.20. The average molecular weight is 340 g/mol. The number of rotatable bonds is 8. The van der Waals surface area contributed by atoms with Crippen LogP contribution in [-0.4, -0.2) is 66.7 Å². The van der Waals surface area contributed by atoms with Gasteiger partial charge in [0, 0.05) is 32.8 Å². The summed E-state index contributed by atoms with van der Waals surface area (Å²) in [6, 6.07) is 7.28. The number of para-hydroxylation sites is 1. The molecule has 1 heterocycles. The Morgan fingerprint density at radius 3 is 2.48 bits per heavy atom. The van der Waals surface area contributed by atoms with Crippen LogP contribution in [0.15, 0.2) is 24.3 Å². The number of carbonyl (C=O) groups is 1. The van der Waals surface area contributed by atoms with Gasteiger partial charge in [0.25, 0.3) is 0 Å². The maximum Gasteiger partial charge on any atom is 0.238 e. The van der Waals surface area contributed by atoms with Crippen LogP contribution in [0.5, 0.6) is 0 Å². The minimum Gasteiger partial charge on any atom is -0.396 e. The van der Waals surface area contributed by atoms with E-state index in [0.717, 1.165) is 52.0 Å². The van der Waals surface area contributed by atoms with Gasteiger partial charge in [-0.1, -0.05) is 23.7 Å². The molecular formula is C17H26ClN3O2. The number of anilines is 1. The third kappa shape index (κ3) is 6.47. The third-order valence-electron chi connectivity index (χ3n) is 4.11. The Morgan fingerprint density at radius 1 is 1.09 bits per heavy atom. The second kappa shape index (κ2) is 9.88. The number of hydrogen-bond donors (Lipinski definition) is 2. The molecule has 6 heteroatoms. The zero-order valence-electron chi connectivity index (χ0n) is 13.5. The van der Waals surface area contributed by atoms with Crippen LogP contribution in [0.4, 0.5) is 5.69 Å². The molecule has 2 N–H and O–H groups in total. The summed E-state index contributed by atoms with van der Waals surface area (Å²) < 4.78 is 0. The number of unbranched alkanes of at least 4 members (excludes halogenated alkanes) is 2. The lowest BCUT2D eigenvalue weighted by Gasteiger charge is -2.34. The minimum absolute atomic E-state index is 0.0190. The van der Waals surface area contributed by atoms with Crippen LogP contribution < -0.4 is 5.32 Å². The molecule has 1 aliphatic rings. The Bertz CT molecular complexity index is 490. The molecule has 0 radical (unpaired) electrons. The topological polar surface area (TPSA) is 55.8 Å². The molecule has 1 aromatic carbocycles. The standard InChI is InChI=1S/C17H26ClN3O2/c18-15-6-2-3-7-16(15)19-17(23)14-21-11-9-20(10-12-21)8-4-1-5-13-22/h2-3,6-7,22H,1,4-5,8-14H2,(H,19,23). The van der Waals surface area contributed by atoms with Crippen LogP contribution in [-0.2, 0) is 4.79 Å². The molecule has 0 atom stereocenters. The van der Waals surface area contributed by atoms with Crippen molar-refractivity contribution in [1.29, 1.82) is 0 Å². The Morgan fingerprint density at radius 2 is 1.78 bits per heavy atom. The van der Waals surface area contributed by atoms with Crippen LogP contribution in [0, 0.1) is 0 Å². The largest absolute Gasteiger partial charge is 0.396 e. The Labute approximate surface area is 143 Å². The molecule has 1 saturated heterocycles. The summed E-state index contributed by atoms with van der Waals surface area (Å²) in [4.78, 5) is 16.7. The number of nitrogens with one attached hydrogen (secondary N) is 1. The smallest absolute Gasteiger partial charge is 0.238 e. The van der Waals surface area contributed by atoms with Gasteiger partial charge in [-0.05, 0) is 37.9 Å². The predicted molar refractivity (Wildman–Crippen MR) is 93.9 cm³/mol. The first-order chi connectivity index (χ1) is 11.2. The summed E-state index contributed by atoms with van der Waals surface area (Å²) in [5, 5.41) is 12.2. The first-order valence-electron chi connectivity index (χ1n) is 8.29. The molecule has 1 fully saturated rings. The molecule has 1 aliphatic heterocycles. The Hall–Kier alpha value is -1.14. The number of carbonyl (C=O) groups excluding carboxylic acids is 1. The van der Waals surface area contributed by atoms with Gasteiger partial charge in [-0.3, -0.25) is 9.69 Å². The summed E-state index contributed by atoms with van der Waals surface area (Å²) in [6.45, 7) is 5.60. The van der Waals surface area contributed by atoms with E-state index in [-0.39, 0.29) is 12.5 Å². The van der Waals surface area contributed by atoms with E-state index in [2.05, 4.69) is 15.1 Å². The lowest BCUT2D eigenvalue weighted by atomic mass is 10.2. The van der Waals surface area contributed by atoms with E-state index >= 15 is 0 Å². The van der Waals surface area contributed by atoms with Crippen LogP contribution in [0.1, 0.15) is 19.3 Å². The maximum atomic E-state index is 12.1. The number of benzene rings is 1. The van der Waals surface area contributed by atoms with Gasteiger partial charge in [0.05, 0.1) is 17.3 Å². The molecular weight excluding hydrogens is 314 g/mol. The second-order valence-electron chi connectivity index (χ2n) is 5.93. The molecule has 1 aromatic rings. The number of nitrogens with zero attached hydrogens (tertiary/aromatic N) is 2. The summed E-state index contributed by atoms with van der Waals surface area (Å²) >= 11 is 6.05. The molecule has 2 rings (SSSR count). The van der Waals surface area contributed by atoms with E-state index in [9.17, 15) is 4.79 Å². The van der Waals surface area contributed by atoms with Crippen molar-refractivity contribution in [2.75, 3.05) is 51.2 Å². The summed E-state index contributed by atoms with van der Waals surface area (Å²) in [7, 11) is 0. The Kier molecular flexibility index (Phi) is 7.82. The lowest BCUT2D eigenvalue weighted by molar-refractivity contribution is -0.117. The van der Waals surface area contributed by atoms with Gasteiger partial charge >= 0.3 is 0 Å². The molecule has 0 saturated carbocycles. The molecule has 128 valence electrons. The SMILES string of the molecule is O=C(CN1CCN(CCCCCO)CC1)Nc1ccccc1Cl. The molecule has 0 bridgehead atoms. The van der Waals surface area contributed by atoms with Crippen LogP contribution in [0.2, 0.25) is 5.02 Å². The van der Waals surface area contributed by atoms with Gasteiger partial charge in [-0.15, -0.1) is 0 Å². The first-order valence-corrected chi connectivity index (χ1v) is 8.67. The zero-order valence-corrected chi connectivity index (χ0v) is 14.3. The maximum absolute atomic E-state index is 12.1. The van der Waals surface area contributed by atoms with Crippen LogP contribution in [0.3, 0.4) is 0 Å². The highest BCUT2D eigenvalue weighted by atomic mass is 35.5. The molecule has 1 amide bonds. The van der Waals surface area contributed by atoms with Gasteiger partial charge in [0.2, 0.25) is 5.91 Å². The minimum atomic E-state index is -0.0190. The fourth-order valence-electron chi connectivity index (χ4n) is 2.75. The van der Waals surface area contributed by atoms with Crippen LogP contribution in [0.25, 0.3) is 0 Å². The van der Waals surface area contributed by atoms with Crippen LogP contribution >= 0.6 is 11.6 Å². The van der Waals surface area contributed by atoms with E-state index in [1.54, 1.807) is 6.07 Å². The second-order valence-corrected chi connectivity index (χ2v) is 6.34. The normalized spacial score (nSPS) is 16.4. The number of aliphatic hydroxyl groups is 1. The number of amides is 1. The highest BCUT2D eigenvalue weighted by molar-refractivity contribution is 6.33. The fourth-order valence-corrected chi connectivity index (χ4v) is 2.93. The van der Waals surface area contributed by atoms with E-state index in [0.29, 0.717) is 17.3 Å². The number of aliphatic hydroxyl groups excluding tert-OH is 1. The number of hydrogen-bond acceptors (Lipinski definition) is 4. The lowest BCUT2D eigenvalue weighted by Crippen LogP contribution is -2.48. The first kappa shape index (κ1) is 18.2. The molecule has 23 heavy (non-hydrogen) atoms. The van der Waals surface area contributed by atoms with Gasteiger partial charge in [-0.25, -0.2) is 0 Å². The monoisotopic (exact) mass is 339 g/mol. The fraction of sp³-hybridized carbons (Fsp3) is 0.588. The van der Waals surface area contributed by atoms with Crippen molar-refractivity contribution in [1.82, 2.24) is 9.80 Å². The van der Waals surface area contributed by atoms with E-state index < -0.39 is 0 Å². The van der Waals surface area contributed by atoms with Crippen molar-refractivity contribution < 1.29 is 9.90 Å². The highest BCUT2D eigenvalue weighted by Gasteiger charge is 2.18. The van der Waals surface area contributed by atoms with Gasteiger partial charge < -0.3 is 15.3 Å². The summed E-state index contributed by atoms with van der Waals surface area (Å²) in [6.07, 6.45) is 3.10. The molecule has 0 aromatic heterocycles. The Balaban J connectivity index is 1.66. The van der Waals surface area contributed by atoms with Crippen molar-refractivity contribution in [2.45, 2.75) is 19.3 Å². The van der Waals surface area contributed by atoms with E-state index in [1.165, 1.54) is 0 Å². The van der Waals surface area contributed by atoms with E-state index in [4.69, 9.17) is 16.7 Å². The van der Waals surface area contributed by atoms with Crippen molar-refractivity contribution in [3.63, 3.8) is 0 Å². The number of piperazine rings is 1. The molecule has 5 nitrogen and oxygen atoms in total. The average Bonchev–Trinajstić information content (AvgIpc) is 2.55. The van der Waals surface area contributed by atoms with E-state index in [1.807, 2.05) is 18.2 Å². The van der Waals surface area contributed by atoms with Gasteiger partial charge in [0.1, 0.15) is 0 Å². The predicted octanol–water partition coefficient (Wildman–Crippen LogP) is 2.06. The molecule has 0 unspecified atom stereocenters. The quantitative estimate of drug-likeness (QED) is 0.712. The number of halogens is 1. The van der Waals surface area contributed by atoms with Crippen molar-refractivity contribution in [3.05, 3.63) is 29.3 Å². The third-order valence-corrected chi connectivity index (χ3v) is 4.44. The summed E-state index contributed by atoms with van der Waals surface area (Å²) in [5.41, 5.74) is 0.668. The zero-order chi connectivity index (χ0) is 16.5. The molecule has 0 aliphatic carbocycles. The van der Waals surface area contributed by atoms with Crippen molar-refractivity contribution in [2.24, 2.45) is 0 Å². The van der Waals surface area contributed by atoms with Gasteiger partial charge in [0.15, 0.2) is 0 Å². The summed E-state index contributed by atoms with van der Waals surface area (Å²) in [5.74, 6) is -0.0190. The van der Waals surface area contributed by atoms with Gasteiger partial charge in [-0.2, -0.15) is 0 Å². The van der Waals surface area contributed by atoms with Crippen molar-refractivity contribution in [3.8, 4) is 0 Å². The molecule has 0 spiro atoms. The van der Waals surface area contributed by atoms with Crippen molar-refractivity contribution >= 4 is 23.2 Å².